The van der Waals surface area contributed by atoms with E-state index in [1.807, 2.05) is 12.1 Å². The van der Waals surface area contributed by atoms with E-state index < -0.39 is 0 Å². The van der Waals surface area contributed by atoms with Gasteiger partial charge in [0.25, 0.3) is 0 Å². The quantitative estimate of drug-likeness (QED) is 0.523. The van der Waals surface area contributed by atoms with Crippen molar-refractivity contribution in [1.29, 1.82) is 0 Å². The standard InChI is InChI=1S/C16H24N2O2/c1-18(12-7-5-3-4-6-8-12)13-9-10-15(17)14(11-13)16(19)20-2/h9-12H,3-8,17H2,1-2H3. The molecule has 1 fully saturated rings. The van der Waals surface area contributed by atoms with Gasteiger partial charge in [0.2, 0.25) is 0 Å². The van der Waals surface area contributed by atoms with E-state index in [2.05, 4.69) is 11.9 Å². The summed E-state index contributed by atoms with van der Waals surface area (Å²) in [6.07, 6.45) is 7.67. The van der Waals surface area contributed by atoms with Gasteiger partial charge in [-0.3, -0.25) is 0 Å². The highest BCUT2D eigenvalue weighted by Crippen LogP contribution is 2.27. The fraction of sp³-hybridized carbons (Fsp3) is 0.562. The minimum Gasteiger partial charge on any atom is -0.465 e. The predicted molar refractivity (Wildman–Crippen MR) is 82.1 cm³/mol. The van der Waals surface area contributed by atoms with Gasteiger partial charge in [-0.25, -0.2) is 4.79 Å². The molecule has 110 valence electrons. The SMILES string of the molecule is COC(=O)c1cc(N(C)C2CCCCCC2)ccc1N. The Morgan fingerprint density at radius 1 is 1.25 bits per heavy atom. The number of anilines is 2. The van der Waals surface area contributed by atoms with Crippen LogP contribution in [0.2, 0.25) is 0 Å². The first-order valence-corrected chi connectivity index (χ1v) is 7.34. The van der Waals surface area contributed by atoms with E-state index in [0.717, 1.165) is 5.69 Å². The summed E-state index contributed by atoms with van der Waals surface area (Å²) < 4.78 is 4.78. The van der Waals surface area contributed by atoms with E-state index in [-0.39, 0.29) is 5.97 Å². The third-order valence-corrected chi connectivity index (χ3v) is 4.22. The van der Waals surface area contributed by atoms with Crippen LogP contribution in [0.1, 0.15) is 48.9 Å². The number of hydrogen-bond acceptors (Lipinski definition) is 4. The third kappa shape index (κ3) is 3.24. The second-order valence-corrected chi connectivity index (χ2v) is 5.52. The minimum atomic E-state index is -0.376. The van der Waals surface area contributed by atoms with Crippen LogP contribution < -0.4 is 10.6 Å². The number of nitrogen functional groups attached to an aromatic ring is 1. The molecule has 2 rings (SSSR count). The number of methoxy groups -OCH3 is 1. The summed E-state index contributed by atoms with van der Waals surface area (Å²) in [7, 11) is 3.48. The zero-order valence-corrected chi connectivity index (χ0v) is 12.4. The van der Waals surface area contributed by atoms with Crippen molar-refractivity contribution in [2.24, 2.45) is 0 Å². The van der Waals surface area contributed by atoms with Gasteiger partial charge in [-0.2, -0.15) is 0 Å². The molecule has 1 aliphatic rings. The monoisotopic (exact) mass is 276 g/mol. The van der Waals surface area contributed by atoms with E-state index in [0.29, 0.717) is 17.3 Å². The lowest BCUT2D eigenvalue weighted by molar-refractivity contribution is 0.0602. The van der Waals surface area contributed by atoms with E-state index in [1.54, 1.807) is 6.07 Å². The van der Waals surface area contributed by atoms with Crippen molar-refractivity contribution in [1.82, 2.24) is 0 Å². The molecule has 0 bridgehead atoms. The number of nitrogens with zero attached hydrogens (tertiary/aromatic N) is 1. The molecule has 0 amide bonds. The molecule has 0 spiro atoms. The zero-order chi connectivity index (χ0) is 14.5. The first-order valence-electron chi connectivity index (χ1n) is 7.34. The van der Waals surface area contributed by atoms with Gasteiger partial charge in [-0.05, 0) is 31.0 Å². The maximum Gasteiger partial charge on any atom is 0.340 e. The normalized spacial score (nSPS) is 16.5. The Bertz CT molecular complexity index is 466. The Morgan fingerprint density at radius 2 is 1.90 bits per heavy atom. The van der Waals surface area contributed by atoms with Gasteiger partial charge in [0.15, 0.2) is 0 Å². The van der Waals surface area contributed by atoms with Gasteiger partial charge in [0.1, 0.15) is 0 Å². The molecule has 20 heavy (non-hydrogen) atoms. The van der Waals surface area contributed by atoms with Crippen LogP contribution in [0.25, 0.3) is 0 Å². The van der Waals surface area contributed by atoms with Crippen LogP contribution in [-0.2, 0) is 4.74 Å². The summed E-state index contributed by atoms with van der Waals surface area (Å²) in [5.74, 6) is -0.376. The van der Waals surface area contributed by atoms with Crippen LogP contribution in [-0.4, -0.2) is 26.2 Å². The van der Waals surface area contributed by atoms with Crippen molar-refractivity contribution >= 4 is 17.3 Å². The maximum absolute atomic E-state index is 11.7. The number of carbonyl (C=O) groups is 1. The lowest BCUT2D eigenvalue weighted by atomic mass is 10.1. The summed E-state index contributed by atoms with van der Waals surface area (Å²) in [6, 6.07) is 6.15. The Balaban J connectivity index is 2.20. The van der Waals surface area contributed by atoms with Crippen molar-refractivity contribution < 1.29 is 9.53 Å². The van der Waals surface area contributed by atoms with Crippen LogP contribution >= 0.6 is 0 Å². The molecule has 0 unspecified atom stereocenters. The second-order valence-electron chi connectivity index (χ2n) is 5.52. The van der Waals surface area contributed by atoms with Crippen LogP contribution in [0, 0.1) is 0 Å². The average molecular weight is 276 g/mol. The molecule has 4 heteroatoms. The average Bonchev–Trinajstić information content (AvgIpc) is 2.75. The number of rotatable bonds is 3. The molecular weight excluding hydrogens is 252 g/mol. The first-order chi connectivity index (χ1) is 9.63. The van der Waals surface area contributed by atoms with E-state index >= 15 is 0 Å². The van der Waals surface area contributed by atoms with E-state index in [9.17, 15) is 4.79 Å². The van der Waals surface area contributed by atoms with Gasteiger partial charge >= 0.3 is 5.97 Å². The van der Waals surface area contributed by atoms with Crippen LogP contribution in [0.15, 0.2) is 18.2 Å². The predicted octanol–water partition coefficient (Wildman–Crippen LogP) is 3.21. The Morgan fingerprint density at radius 3 is 2.50 bits per heavy atom. The molecule has 4 nitrogen and oxygen atoms in total. The van der Waals surface area contributed by atoms with Crippen molar-refractivity contribution in [2.45, 2.75) is 44.6 Å². The number of esters is 1. The second kappa shape index (κ2) is 6.64. The van der Waals surface area contributed by atoms with Gasteiger partial charge in [0.05, 0.1) is 12.7 Å². The highest BCUT2D eigenvalue weighted by Gasteiger charge is 2.19. The topological polar surface area (TPSA) is 55.6 Å². The molecule has 0 saturated heterocycles. The van der Waals surface area contributed by atoms with Crippen LogP contribution in [0.3, 0.4) is 0 Å². The lowest BCUT2D eigenvalue weighted by Gasteiger charge is -2.29. The molecule has 0 heterocycles. The van der Waals surface area contributed by atoms with Gasteiger partial charge in [0, 0.05) is 24.5 Å². The molecule has 0 aliphatic heterocycles. The Labute approximate surface area is 120 Å². The van der Waals surface area contributed by atoms with Crippen molar-refractivity contribution in [3.8, 4) is 0 Å². The number of ether oxygens (including phenoxy) is 1. The smallest absolute Gasteiger partial charge is 0.340 e. The molecule has 0 aromatic heterocycles. The molecule has 2 N–H and O–H groups in total. The number of nitrogens with two attached hydrogens (primary N) is 1. The summed E-state index contributed by atoms with van der Waals surface area (Å²) in [5, 5.41) is 0. The molecular formula is C16H24N2O2. The molecule has 0 atom stereocenters. The molecule has 1 aromatic carbocycles. The van der Waals surface area contributed by atoms with Gasteiger partial charge in [-0.15, -0.1) is 0 Å². The van der Waals surface area contributed by atoms with Crippen molar-refractivity contribution in [3.63, 3.8) is 0 Å². The fourth-order valence-electron chi connectivity index (χ4n) is 2.91. The van der Waals surface area contributed by atoms with E-state index in [4.69, 9.17) is 10.5 Å². The number of carbonyl (C=O) groups excluding carboxylic acids is 1. The van der Waals surface area contributed by atoms with Crippen molar-refractivity contribution in [3.05, 3.63) is 23.8 Å². The molecule has 1 aliphatic carbocycles. The minimum absolute atomic E-state index is 0.376. The largest absolute Gasteiger partial charge is 0.465 e. The summed E-state index contributed by atoms with van der Waals surface area (Å²) >= 11 is 0. The van der Waals surface area contributed by atoms with Crippen molar-refractivity contribution in [2.75, 3.05) is 24.8 Å². The van der Waals surface area contributed by atoms with Gasteiger partial charge in [-0.1, -0.05) is 25.7 Å². The number of benzene rings is 1. The fourth-order valence-corrected chi connectivity index (χ4v) is 2.91. The highest BCUT2D eigenvalue weighted by atomic mass is 16.5. The van der Waals surface area contributed by atoms with Crippen LogP contribution in [0.4, 0.5) is 11.4 Å². The number of hydrogen-bond donors (Lipinski definition) is 1. The molecule has 1 saturated carbocycles. The van der Waals surface area contributed by atoms with E-state index in [1.165, 1.54) is 45.6 Å². The Kier molecular flexibility index (Phi) is 4.88. The third-order valence-electron chi connectivity index (χ3n) is 4.22. The highest BCUT2D eigenvalue weighted by molar-refractivity contribution is 5.96. The summed E-state index contributed by atoms with van der Waals surface area (Å²) in [6.45, 7) is 0. The zero-order valence-electron chi connectivity index (χ0n) is 12.4. The molecule has 1 aromatic rings. The lowest BCUT2D eigenvalue weighted by Crippen LogP contribution is -2.31. The summed E-state index contributed by atoms with van der Waals surface area (Å²) in [5.41, 5.74) is 7.80. The maximum atomic E-state index is 11.7. The first kappa shape index (κ1) is 14.7. The van der Waals surface area contributed by atoms with Crippen LogP contribution in [0.5, 0.6) is 0 Å². The van der Waals surface area contributed by atoms with Gasteiger partial charge < -0.3 is 15.4 Å². The summed E-state index contributed by atoms with van der Waals surface area (Å²) in [4.78, 5) is 14.0. The Hall–Kier alpha value is -1.71. The molecule has 0 radical (unpaired) electrons.